The standard InChI is InChI=1S/C16H20O4/c1-18-13-7-2-5-11-12-6-3-8-15(16(12,17)14(11)13)19-9-4-10-20-15/h2,5,7,12,17H,3-4,6,8-10H2,1H3. The Hall–Kier alpha value is -1.10. The van der Waals surface area contributed by atoms with E-state index < -0.39 is 11.4 Å². The average molecular weight is 276 g/mol. The molecule has 4 nitrogen and oxygen atoms in total. The molecule has 4 rings (SSSR count). The van der Waals surface area contributed by atoms with Crippen LogP contribution in [0.15, 0.2) is 18.2 Å². The summed E-state index contributed by atoms with van der Waals surface area (Å²) >= 11 is 0. The second kappa shape index (κ2) is 4.20. The van der Waals surface area contributed by atoms with Crippen LogP contribution in [0, 0.1) is 0 Å². The van der Waals surface area contributed by atoms with Gasteiger partial charge in [0.2, 0.25) is 5.79 Å². The van der Waals surface area contributed by atoms with Crippen molar-refractivity contribution in [3.05, 3.63) is 29.3 Å². The third-order valence-electron chi connectivity index (χ3n) is 5.08. The average Bonchev–Trinajstić information content (AvgIpc) is 2.50. The van der Waals surface area contributed by atoms with E-state index in [1.807, 2.05) is 12.1 Å². The van der Waals surface area contributed by atoms with Gasteiger partial charge in [0, 0.05) is 17.9 Å². The normalized spacial score (nSPS) is 34.0. The van der Waals surface area contributed by atoms with Crippen LogP contribution in [0.5, 0.6) is 5.75 Å². The highest BCUT2D eigenvalue weighted by Gasteiger charge is 2.68. The zero-order chi connectivity index (χ0) is 13.8. The molecule has 2 aliphatic carbocycles. The van der Waals surface area contributed by atoms with E-state index in [1.54, 1.807) is 7.11 Å². The predicted octanol–water partition coefficient (Wildman–Crippen LogP) is 2.30. The number of methoxy groups -OCH3 is 1. The highest BCUT2D eigenvalue weighted by molar-refractivity contribution is 5.57. The van der Waals surface area contributed by atoms with Crippen LogP contribution >= 0.6 is 0 Å². The lowest BCUT2D eigenvalue weighted by Crippen LogP contribution is -2.66. The van der Waals surface area contributed by atoms with Gasteiger partial charge in [0.25, 0.3) is 0 Å². The van der Waals surface area contributed by atoms with Gasteiger partial charge in [-0.25, -0.2) is 0 Å². The smallest absolute Gasteiger partial charge is 0.202 e. The molecule has 2 atom stereocenters. The predicted molar refractivity (Wildman–Crippen MR) is 72.7 cm³/mol. The van der Waals surface area contributed by atoms with E-state index in [2.05, 4.69) is 6.07 Å². The van der Waals surface area contributed by atoms with E-state index in [0.717, 1.165) is 37.0 Å². The Morgan fingerprint density at radius 1 is 1.25 bits per heavy atom. The Bertz CT molecular complexity index is 530. The molecule has 1 saturated carbocycles. The lowest BCUT2D eigenvalue weighted by molar-refractivity contribution is -0.373. The minimum Gasteiger partial charge on any atom is -0.496 e. The van der Waals surface area contributed by atoms with Crippen molar-refractivity contribution >= 4 is 0 Å². The molecule has 1 aromatic rings. The van der Waals surface area contributed by atoms with Crippen molar-refractivity contribution in [2.45, 2.75) is 43.0 Å². The van der Waals surface area contributed by atoms with Crippen molar-refractivity contribution in [2.75, 3.05) is 20.3 Å². The van der Waals surface area contributed by atoms with Crippen LogP contribution < -0.4 is 4.74 Å². The molecule has 0 aromatic heterocycles. The van der Waals surface area contributed by atoms with E-state index in [9.17, 15) is 5.11 Å². The molecule has 3 aliphatic rings. The first-order valence-electron chi connectivity index (χ1n) is 7.40. The van der Waals surface area contributed by atoms with Gasteiger partial charge in [-0.15, -0.1) is 0 Å². The van der Waals surface area contributed by atoms with Gasteiger partial charge in [-0.05, 0) is 30.9 Å². The topological polar surface area (TPSA) is 47.9 Å². The summed E-state index contributed by atoms with van der Waals surface area (Å²) in [6.07, 6.45) is 3.63. The van der Waals surface area contributed by atoms with Crippen molar-refractivity contribution in [1.82, 2.24) is 0 Å². The molecule has 4 heteroatoms. The minimum atomic E-state index is -1.06. The summed E-state index contributed by atoms with van der Waals surface area (Å²) in [5.74, 6) is -0.0461. The van der Waals surface area contributed by atoms with Crippen LogP contribution in [0.1, 0.15) is 42.7 Å². The molecular weight excluding hydrogens is 256 g/mol. The van der Waals surface area contributed by atoms with Gasteiger partial charge in [0.05, 0.1) is 20.3 Å². The maximum atomic E-state index is 11.4. The van der Waals surface area contributed by atoms with Crippen molar-refractivity contribution in [2.24, 2.45) is 0 Å². The van der Waals surface area contributed by atoms with Gasteiger partial charge in [0.1, 0.15) is 5.75 Å². The van der Waals surface area contributed by atoms with Crippen LogP contribution in [-0.2, 0) is 15.1 Å². The summed E-state index contributed by atoms with van der Waals surface area (Å²) in [5, 5.41) is 11.4. The molecule has 1 N–H and O–H groups in total. The fraction of sp³-hybridized carbons (Fsp3) is 0.625. The van der Waals surface area contributed by atoms with E-state index >= 15 is 0 Å². The number of fused-ring (bicyclic) bond motifs is 5. The fourth-order valence-electron chi connectivity index (χ4n) is 4.23. The third kappa shape index (κ3) is 1.32. The highest BCUT2D eigenvalue weighted by Crippen LogP contribution is 2.65. The maximum Gasteiger partial charge on any atom is 0.202 e. The number of benzene rings is 1. The summed E-state index contributed by atoms with van der Waals surface area (Å²) in [6, 6.07) is 5.97. The SMILES string of the molecule is COc1cccc2c1C1(O)C2CCCC12OCCCO2. The lowest BCUT2D eigenvalue weighted by atomic mass is 9.54. The van der Waals surface area contributed by atoms with Gasteiger partial charge in [-0.3, -0.25) is 0 Å². The first kappa shape index (κ1) is 12.6. The molecule has 0 amide bonds. The lowest BCUT2D eigenvalue weighted by Gasteiger charge is -2.60. The summed E-state index contributed by atoms with van der Waals surface area (Å²) < 4.78 is 17.4. The fourth-order valence-corrected chi connectivity index (χ4v) is 4.23. The Morgan fingerprint density at radius 2 is 2.05 bits per heavy atom. The van der Waals surface area contributed by atoms with Crippen LogP contribution in [0.4, 0.5) is 0 Å². The van der Waals surface area contributed by atoms with Crippen molar-refractivity contribution in [1.29, 1.82) is 0 Å². The van der Waals surface area contributed by atoms with Gasteiger partial charge < -0.3 is 19.3 Å². The molecule has 1 aromatic carbocycles. The van der Waals surface area contributed by atoms with Gasteiger partial charge in [-0.1, -0.05) is 12.1 Å². The van der Waals surface area contributed by atoms with Crippen molar-refractivity contribution in [3.63, 3.8) is 0 Å². The van der Waals surface area contributed by atoms with Crippen LogP contribution in [0.2, 0.25) is 0 Å². The minimum absolute atomic E-state index is 0.0967. The number of hydrogen-bond donors (Lipinski definition) is 1. The molecule has 1 heterocycles. The third-order valence-corrected chi connectivity index (χ3v) is 5.08. The molecule has 1 spiro atoms. The first-order valence-corrected chi connectivity index (χ1v) is 7.40. The molecule has 0 bridgehead atoms. The van der Waals surface area contributed by atoms with Gasteiger partial charge >= 0.3 is 0 Å². The summed E-state index contributed by atoms with van der Waals surface area (Å²) in [6.45, 7) is 1.30. The van der Waals surface area contributed by atoms with E-state index in [4.69, 9.17) is 14.2 Å². The van der Waals surface area contributed by atoms with E-state index in [1.165, 1.54) is 5.56 Å². The number of rotatable bonds is 1. The Kier molecular flexibility index (Phi) is 2.65. The monoisotopic (exact) mass is 276 g/mol. The largest absolute Gasteiger partial charge is 0.496 e. The molecular formula is C16H20O4. The summed E-state index contributed by atoms with van der Waals surface area (Å²) in [7, 11) is 1.64. The van der Waals surface area contributed by atoms with Gasteiger partial charge in [0.15, 0.2) is 5.60 Å². The number of aliphatic hydroxyl groups is 1. The molecule has 0 radical (unpaired) electrons. The molecule has 20 heavy (non-hydrogen) atoms. The Balaban J connectivity index is 1.87. The van der Waals surface area contributed by atoms with Crippen molar-refractivity contribution in [3.8, 4) is 5.75 Å². The van der Waals surface area contributed by atoms with Crippen LogP contribution in [0.25, 0.3) is 0 Å². The second-order valence-electron chi connectivity index (χ2n) is 5.94. The molecule has 1 saturated heterocycles. The van der Waals surface area contributed by atoms with E-state index in [0.29, 0.717) is 13.2 Å². The van der Waals surface area contributed by atoms with Crippen LogP contribution in [-0.4, -0.2) is 31.2 Å². The number of ether oxygens (including phenoxy) is 3. The summed E-state index contributed by atoms with van der Waals surface area (Å²) in [5.41, 5.74) is 0.992. The van der Waals surface area contributed by atoms with Crippen molar-refractivity contribution < 1.29 is 19.3 Å². The first-order chi connectivity index (χ1) is 9.73. The molecule has 2 fully saturated rings. The number of hydrogen-bond acceptors (Lipinski definition) is 4. The van der Waals surface area contributed by atoms with Gasteiger partial charge in [-0.2, -0.15) is 0 Å². The zero-order valence-corrected chi connectivity index (χ0v) is 11.7. The zero-order valence-electron chi connectivity index (χ0n) is 11.7. The second-order valence-corrected chi connectivity index (χ2v) is 5.94. The molecule has 1 aliphatic heterocycles. The maximum absolute atomic E-state index is 11.4. The Morgan fingerprint density at radius 3 is 2.80 bits per heavy atom. The summed E-state index contributed by atoms with van der Waals surface area (Å²) in [4.78, 5) is 0. The Labute approximate surface area is 118 Å². The van der Waals surface area contributed by atoms with E-state index in [-0.39, 0.29) is 5.92 Å². The highest BCUT2D eigenvalue weighted by atomic mass is 16.7. The molecule has 2 unspecified atom stereocenters. The van der Waals surface area contributed by atoms with Crippen LogP contribution in [0.3, 0.4) is 0 Å². The molecule has 108 valence electrons. The quantitative estimate of drug-likeness (QED) is 0.855.